The Labute approximate surface area is 109 Å². The number of hydrogen-bond acceptors (Lipinski definition) is 4. The Hall–Kier alpha value is -2.13. The van der Waals surface area contributed by atoms with Gasteiger partial charge >= 0.3 is 5.97 Å². The largest absolute Gasteiger partial charge is 0.478 e. The van der Waals surface area contributed by atoms with E-state index in [-0.39, 0.29) is 5.91 Å². The van der Waals surface area contributed by atoms with Crippen LogP contribution in [-0.2, 0) is 4.79 Å². The number of thiophene rings is 1. The fourth-order valence-electron chi connectivity index (χ4n) is 1.22. The molecule has 0 saturated heterocycles. The van der Waals surface area contributed by atoms with Crippen LogP contribution in [0.1, 0.15) is 21.0 Å². The number of nitriles is 1. The zero-order chi connectivity index (χ0) is 13.5. The molecule has 94 valence electrons. The lowest BCUT2D eigenvalue weighted by atomic mass is 10.3. The van der Waals surface area contributed by atoms with Crippen LogP contribution in [0.4, 0.5) is 0 Å². The Bertz CT molecular complexity index is 514. The molecule has 0 aliphatic heterocycles. The van der Waals surface area contributed by atoms with Crippen molar-refractivity contribution in [2.24, 2.45) is 0 Å². The van der Waals surface area contributed by atoms with Crippen molar-refractivity contribution in [3.63, 3.8) is 0 Å². The first-order valence-corrected chi connectivity index (χ1v) is 5.99. The molecule has 1 aromatic rings. The molecule has 0 saturated carbocycles. The molecular weight excluding hydrogens is 252 g/mol. The van der Waals surface area contributed by atoms with Gasteiger partial charge in [0, 0.05) is 24.5 Å². The first-order chi connectivity index (χ1) is 8.54. The molecule has 0 bridgehead atoms. The third-order valence-corrected chi connectivity index (χ3v) is 3.17. The van der Waals surface area contributed by atoms with E-state index >= 15 is 0 Å². The molecule has 0 aliphatic carbocycles. The van der Waals surface area contributed by atoms with Gasteiger partial charge in [-0.15, -0.1) is 11.3 Å². The summed E-state index contributed by atoms with van der Waals surface area (Å²) in [5, 5.41) is 16.9. The van der Waals surface area contributed by atoms with Crippen molar-refractivity contribution in [3.8, 4) is 6.07 Å². The van der Waals surface area contributed by atoms with Gasteiger partial charge in [-0.3, -0.25) is 4.79 Å². The lowest BCUT2D eigenvalue weighted by Gasteiger charge is -2.13. The quantitative estimate of drug-likeness (QED) is 0.822. The van der Waals surface area contributed by atoms with Crippen LogP contribution in [-0.4, -0.2) is 35.5 Å². The maximum absolute atomic E-state index is 11.9. The molecule has 0 aliphatic rings. The molecule has 1 rings (SSSR count). The molecule has 0 fully saturated rings. The number of amides is 1. The predicted octanol–water partition coefficient (Wildman–Crippen LogP) is 1.83. The first kappa shape index (κ1) is 13.9. The van der Waals surface area contributed by atoms with Crippen molar-refractivity contribution in [3.05, 3.63) is 28.0 Å². The van der Waals surface area contributed by atoms with E-state index in [0.717, 1.165) is 6.08 Å². The van der Waals surface area contributed by atoms with E-state index < -0.39 is 5.97 Å². The Morgan fingerprint density at radius 3 is 2.89 bits per heavy atom. The van der Waals surface area contributed by atoms with E-state index in [4.69, 9.17) is 10.4 Å². The molecule has 1 aromatic heterocycles. The minimum Gasteiger partial charge on any atom is -0.478 e. The molecule has 18 heavy (non-hydrogen) atoms. The minimum atomic E-state index is -1.03. The van der Waals surface area contributed by atoms with Crippen LogP contribution in [0.15, 0.2) is 18.2 Å². The van der Waals surface area contributed by atoms with Crippen molar-refractivity contribution in [1.82, 2.24) is 4.90 Å². The van der Waals surface area contributed by atoms with Crippen LogP contribution in [0.2, 0.25) is 0 Å². The Balaban J connectivity index is 2.71. The van der Waals surface area contributed by atoms with E-state index in [1.165, 1.54) is 22.3 Å². The molecule has 0 radical (unpaired) electrons. The summed E-state index contributed by atoms with van der Waals surface area (Å²) in [5.74, 6) is -1.19. The zero-order valence-electron chi connectivity index (χ0n) is 9.79. The number of carbonyl (C=O) groups is 2. The number of carboxylic acids is 1. The maximum Gasteiger partial charge on any atom is 0.328 e. The molecule has 0 atom stereocenters. The van der Waals surface area contributed by atoms with Gasteiger partial charge in [-0.1, -0.05) is 0 Å². The van der Waals surface area contributed by atoms with Crippen LogP contribution < -0.4 is 0 Å². The summed E-state index contributed by atoms with van der Waals surface area (Å²) >= 11 is 1.22. The highest BCUT2D eigenvalue weighted by Crippen LogP contribution is 2.19. The van der Waals surface area contributed by atoms with Gasteiger partial charge in [0.2, 0.25) is 0 Å². The first-order valence-electron chi connectivity index (χ1n) is 5.18. The molecule has 0 spiro atoms. The summed E-state index contributed by atoms with van der Waals surface area (Å²) in [6.45, 7) is 0.382. The fraction of sp³-hybridized carbons (Fsp3) is 0.250. The van der Waals surface area contributed by atoms with Gasteiger partial charge in [-0.05, 0) is 18.2 Å². The molecule has 1 N–H and O–H groups in total. The van der Waals surface area contributed by atoms with Crippen molar-refractivity contribution in [2.45, 2.75) is 6.42 Å². The molecule has 1 heterocycles. The minimum absolute atomic E-state index is 0.162. The van der Waals surface area contributed by atoms with Crippen molar-refractivity contribution in [1.29, 1.82) is 5.26 Å². The van der Waals surface area contributed by atoms with Gasteiger partial charge in [-0.25, -0.2) is 4.79 Å². The number of nitrogens with zero attached hydrogens (tertiary/aromatic N) is 2. The van der Waals surface area contributed by atoms with Crippen LogP contribution in [0.25, 0.3) is 6.08 Å². The fourth-order valence-corrected chi connectivity index (χ4v) is 2.12. The smallest absolute Gasteiger partial charge is 0.328 e. The number of hydrogen-bond donors (Lipinski definition) is 1. The van der Waals surface area contributed by atoms with Gasteiger partial charge in [0.05, 0.1) is 17.4 Å². The van der Waals surface area contributed by atoms with Crippen LogP contribution >= 0.6 is 11.3 Å². The van der Waals surface area contributed by atoms with Gasteiger partial charge in [-0.2, -0.15) is 5.26 Å². The molecule has 6 heteroatoms. The van der Waals surface area contributed by atoms with Crippen LogP contribution in [0, 0.1) is 11.3 Å². The monoisotopic (exact) mass is 264 g/mol. The average molecular weight is 264 g/mol. The SMILES string of the molecule is CN(CCC#N)C(=O)c1ccc(/C=C/C(=O)O)s1. The van der Waals surface area contributed by atoms with Crippen LogP contribution in [0.5, 0.6) is 0 Å². The molecule has 5 nitrogen and oxygen atoms in total. The summed E-state index contributed by atoms with van der Waals surface area (Å²) in [7, 11) is 1.63. The molecule has 1 amide bonds. The number of carbonyl (C=O) groups excluding carboxylic acids is 1. The van der Waals surface area contributed by atoms with Crippen molar-refractivity contribution < 1.29 is 14.7 Å². The maximum atomic E-state index is 11.9. The van der Waals surface area contributed by atoms with Crippen molar-refractivity contribution >= 4 is 29.3 Å². The van der Waals surface area contributed by atoms with Gasteiger partial charge in [0.15, 0.2) is 0 Å². The Morgan fingerprint density at radius 1 is 1.56 bits per heavy atom. The third-order valence-electron chi connectivity index (χ3n) is 2.13. The van der Waals surface area contributed by atoms with Crippen LogP contribution in [0.3, 0.4) is 0 Å². The summed E-state index contributed by atoms with van der Waals surface area (Å²) in [4.78, 5) is 24.9. The lowest BCUT2D eigenvalue weighted by molar-refractivity contribution is -0.131. The second kappa shape index (κ2) is 6.57. The summed E-state index contributed by atoms with van der Waals surface area (Å²) in [6, 6.07) is 5.32. The van der Waals surface area contributed by atoms with Gasteiger partial charge < -0.3 is 10.0 Å². The second-order valence-corrected chi connectivity index (χ2v) is 4.62. The normalized spacial score (nSPS) is 10.2. The second-order valence-electron chi connectivity index (χ2n) is 3.51. The topological polar surface area (TPSA) is 81.4 Å². The van der Waals surface area contributed by atoms with E-state index in [0.29, 0.717) is 22.7 Å². The van der Waals surface area contributed by atoms with E-state index in [1.807, 2.05) is 6.07 Å². The molecular formula is C12H12N2O3S. The highest BCUT2D eigenvalue weighted by atomic mass is 32.1. The van der Waals surface area contributed by atoms with Gasteiger partial charge in [0.1, 0.15) is 0 Å². The molecule has 0 aromatic carbocycles. The van der Waals surface area contributed by atoms with Gasteiger partial charge in [0.25, 0.3) is 5.91 Å². The highest BCUT2D eigenvalue weighted by molar-refractivity contribution is 7.14. The Kier molecular flexibility index (Phi) is 5.08. The van der Waals surface area contributed by atoms with E-state index in [2.05, 4.69) is 0 Å². The summed E-state index contributed by atoms with van der Waals surface area (Å²) < 4.78 is 0. The number of carboxylic acid groups (broad SMARTS) is 1. The van der Waals surface area contributed by atoms with E-state index in [9.17, 15) is 9.59 Å². The number of aliphatic carboxylic acids is 1. The molecule has 0 unspecified atom stereocenters. The average Bonchev–Trinajstić information content (AvgIpc) is 2.81. The summed E-state index contributed by atoms with van der Waals surface area (Å²) in [5.41, 5.74) is 0. The van der Waals surface area contributed by atoms with Crippen molar-refractivity contribution in [2.75, 3.05) is 13.6 Å². The Morgan fingerprint density at radius 2 is 2.28 bits per heavy atom. The predicted molar refractivity (Wildman–Crippen MR) is 68.2 cm³/mol. The zero-order valence-corrected chi connectivity index (χ0v) is 10.6. The van der Waals surface area contributed by atoms with E-state index in [1.54, 1.807) is 19.2 Å². The highest BCUT2D eigenvalue weighted by Gasteiger charge is 2.13. The number of rotatable bonds is 5. The summed E-state index contributed by atoms with van der Waals surface area (Å²) in [6.07, 6.45) is 2.76. The standard InChI is InChI=1S/C12H12N2O3S/c1-14(8-2-7-13)12(17)10-5-3-9(18-10)4-6-11(15)16/h3-6H,2,8H2,1H3,(H,15,16)/b6-4+. The third kappa shape index (κ3) is 4.03. The lowest BCUT2D eigenvalue weighted by Crippen LogP contribution is -2.26.